The first-order chi connectivity index (χ1) is 12.3. The highest BCUT2D eigenvalue weighted by Gasteiger charge is 2.42. The molecule has 0 aliphatic carbocycles. The number of piperidine rings is 1. The van der Waals surface area contributed by atoms with Gasteiger partial charge in [-0.2, -0.15) is 0 Å². The summed E-state index contributed by atoms with van der Waals surface area (Å²) in [6.07, 6.45) is 1.56. The van der Waals surface area contributed by atoms with Gasteiger partial charge in [-0.1, -0.05) is 23.7 Å². The molecule has 0 N–H and O–H groups in total. The number of hydrogen-bond donors (Lipinski definition) is 0. The molecule has 2 bridgehead atoms. The molecule has 26 heavy (non-hydrogen) atoms. The van der Waals surface area contributed by atoms with E-state index in [0.717, 1.165) is 18.4 Å². The number of hydrogen-bond acceptors (Lipinski definition) is 3. The number of rotatable bonds is 3. The second kappa shape index (κ2) is 7.27. The number of fused-ring (bicyclic) bond motifs is 4. The van der Waals surface area contributed by atoms with E-state index >= 15 is 0 Å². The van der Waals surface area contributed by atoms with Gasteiger partial charge in [0.15, 0.2) is 0 Å². The van der Waals surface area contributed by atoms with Gasteiger partial charge >= 0.3 is 0 Å². The van der Waals surface area contributed by atoms with E-state index in [2.05, 4.69) is 0 Å². The van der Waals surface area contributed by atoms with Gasteiger partial charge in [-0.25, -0.2) is 0 Å². The average Bonchev–Trinajstić information content (AvgIpc) is 2.89. The van der Waals surface area contributed by atoms with E-state index in [0.29, 0.717) is 23.7 Å². The second-order valence-corrected chi connectivity index (χ2v) is 7.71. The minimum Gasteiger partial charge on any atom is -0.347 e. The van der Waals surface area contributed by atoms with Crippen molar-refractivity contribution in [1.29, 1.82) is 0 Å². The van der Waals surface area contributed by atoms with Crippen LogP contribution in [-0.4, -0.2) is 72.2 Å². The average molecular weight is 378 g/mol. The highest BCUT2D eigenvalue weighted by molar-refractivity contribution is 6.34. The Morgan fingerprint density at radius 2 is 1.96 bits per heavy atom. The summed E-state index contributed by atoms with van der Waals surface area (Å²) in [6, 6.07) is 5.27. The molecule has 1 aromatic carbocycles. The molecule has 0 unspecified atom stereocenters. The highest BCUT2D eigenvalue weighted by Crippen LogP contribution is 2.31. The fourth-order valence-corrected chi connectivity index (χ4v) is 3.89. The van der Waals surface area contributed by atoms with Crippen molar-refractivity contribution in [2.24, 2.45) is 5.92 Å². The highest BCUT2D eigenvalue weighted by atomic mass is 35.5. The van der Waals surface area contributed by atoms with Crippen LogP contribution in [0.25, 0.3) is 0 Å². The molecule has 3 amide bonds. The number of likely N-dealkylation sites (N-methyl/N-ethyl adjacent to an activating group) is 1. The van der Waals surface area contributed by atoms with Crippen molar-refractivity contribution in [1.82, 2.24) is 14.7 Å². The molecule has 3 aliphatic heterocycles. The van der Waals surface area contributed by atoms with E-state index in [-0.39, 0.29) is 36.2 Å². The molecule has 3 aliphatic rings. The number of benzene rings is 1. The monoisotopic (exact) mass is 377 g/mol. The van der Waals surface area contributed by atoms with Crippen molar-refractivity contribution in [3.8, 4) is 0 Å². The molecule has 3 fully saturated rings. The molecular weight excluding hydrogens is 354 g/mol. The number of carbonyl (C=O) groups is 3. The molecular formula is C19H24ClN3O3. The van der Waals surface area contributed by atoms with Gasteiger partial charge in [0.25, 0.3) is 5.91 Å². The molecule has 3 saturated heterocycles. The Labute approximate surface area is 158 Å². The van der Waals surface area contributed by atoms with Crippen LogP contribution >= 0.6 is 11.6 Å². The third-order valence-corrected chi connectivity index (χ3v) is 5.81. The molecule has 0 aromatic heterocycles. The summed E-state index contributed by atoms with van der Waals surface area (Å²) >= 11 is 6.32. The van der Waals surface area contributed by atoms with Crippen LogP contribution in [0.3, 0.4) is 0 Å². The topological polar surface area (TPSA) is 60.9 Å². The molecule has 1 aromatic rings. The SMILES string of the molecule is Cc1cccc(C(=O)N2C[C@H]3CC[C@@H](C2)N(CC(=O)N(C)C)C3=O)c1Cl. The third kappa shape index (κ3) is 3.43. The van der Waals surface area contributed by atoms with Crippen LogP contribution in [0.5, 0.6) is 0 Å². The molecule has 4 rings (SSSR count). The maximum absolute atomic E-state index is 13.0. The fraction of sp³-hybridized carbons (Fsp3) is 0.526. The van der Waals surface area contributed by atoms with Crippen LogP contribution in [-0.2, 0) is 9.59 Å². The van der Waals surface area contributed by atoms with Crippen molar-refractivity contribution in [3.05, 3.63) is 34.3 Å². The van der Waals surface area contributed by atoms with E-state index < -0.39 is 0 Å². The normalized spacial score (nSPS) is 22.4. The Hall–Kier alpha value is -2.08. The van der Waals surface area contributed by atoms with Gasteiger partial charge in [-0.15, -0.1) is 0 Å². The van der Waals surface area contributed by atoms with Gasteiger partial charge in [0.05, 0.1) is 16.5 Å². The summed E-state index contributed by atoms with van der Waals surface area (Å²) in [5.74, 6) is -0.534. The van der Waals surface area contributed by atoms with Crippen molar-refractivity contribution in [2.45, 2.75) is 25.8 Å². The van der Waals surface area contributed by atoms with Gasteiger partial charge in [-0.05, 0) is 31.4 Å². The van der Waals surface area contributed by atoms with Crippen LogP contribution in [0.2, 0.25) is 5.02 Å². The molecule has 140 valence electrons. The quantitative estimate of drug-likeness (QED) is 0.807. The zero-order valence-corrected chi connectivity index (χ0v) is 16.1. The van der Waals surface area contributed by atoms with E-state index in [1.807, 2.05) is 19.1 Å². The predicted molar refractivity (Wildman–Crippen MR) is 99.0 cm³/mol. The minimum absolute atomic E-state index is 0.0258. The Morgan fingerprint density at radius 3 is 2.65 bits per heavy atom. The molecule has 0 radical (unpaired) electrons. The lowest BCUT2D eigenvalue weighted by Crippen LogP contribution is -2.51. The summed E-state index contributed by atoms with van der Waals surface area (Å²) in [5.41, 5.74) is 1.32. The van der Waals surface area contributed by atoms with Crippen molar-refractivity contribution < 1.29 is 14.4 Å². The first-order valence-electron chi connectivity index (χ1n) is 8.84. The second-order valence-electron chi connectivity index (χ2n) is 7.33. The molecule has 3 heterocycles. The van der Waals surface area contributed by atoms with Gasteiger partial charge < -0.3 is 14.7 Å². The van der Waals surface area contributed by atoms with Crippen LogP contribution < -0.4 is 0 Å². The van der Waals surface area contributed by atoms with E-state index in [9.17, 15) is 14.4 Å². The maximum atomic E-state index is 13.0. The Morgan fingerprint density at radius 1 is 1.23 bits per heavy atom. The van der Waals surface area contributed by atoms with Crippen LogP contribution in [0.1, 0.15) is 28.8 Å². The number of carbonyl (C=O) groups excluding carboxylic acids is 3. The van der Waals surface area contributed by atoms with Crippen LogP contribution in [0.4, 0.5) is 0 Å². The maximum Gasteiger partial charge on any atom is 0.255 e. The third-order valence-electron chi connectivity index (χ3n) is 5.31. The zero-order valence-electron chi connectivity index (χ0n) is 15.4. The van der Waals surface area contributed by atoms with E-state index in [4.69, 9.17) is 11.6 Å². The molecule has 0 saturated carbocycles. The lowest BCUT2D eigenvalue weighted by atomic mass is 9.94. The zero-order chi connectivity index (χ0) is 19.0. The molecule has 0 spiro atoms. The fourth-order valence-electron chi connectivity index (χ4n) is 3.68. The molecule has 2 atom stereocenters. The van der Waals surface area contributed by atoms with Crippen molar-refractivity contribution in [2.75, 3.05) is 33.7 Å². The first kappa shape index (κ1) is 18.7. The lowest BCUT2D eigenvalue weighted by molar-refractivity contribution is -0.145. The predicted octanol–water partition coefficient (Wildman–Crippen LogP) is 1.80. The Balaban J connectivity index is 1.83. The van der Waals surface area contributed by atoms with Gasteiger partial charge in [0.1, 0.15) is 6.54 Å². The first-order valence-corrected chi connectivity index (χ1v) is 9.22. The minimum atomic E-state index is -0.253. The summed E-state index contributed by atoms with van der Waals surface area (Å²) < 4.78 is 0. The van der Waals surface area contributed by atoms with E-state index in [1.165, 1.54) is 4.90 Å². The van der Waals surface area contributed by atoms with Crippen LogP contribution in [0.15, 0.2) is 18.2 Å². The van der Waals surface area contributed by atoms with Crippen molar-refractivity contribution in [3.63, 3.8) is 0 Å². The van der Waals surface area contributed by atoms with Crippen LogP contribution in [0, 0.1) is 12.8 Å². The number of nitrogens with zero attached hydrogens (tertiary/aromatic N) is 3. The number of aryl methyl sites for hydroxylation is 1. The van der Waals surface area contributed by atoms with Crippen molar-refractivity contribution >= 4 is 29.3 Å². The largest absolute Gasteiger partial charge is 0.347 e. The Bertz CT molecular complexity index is 750. The van der Waals surface area contributed by atoms with E-state index in [1.54, 1.807) is 30.0 Å². The lowest BCUT2D eigenvalue weighted by Gasteiger charge is -2.35. The van der Waals surface area contributed by atoms with Gasteiger partial charge in [0.2, 0.25) is 11.8 Å². The summed E-state index contributed by atoms with van der Waals surface area (Å²) in [6.45, 7) is 2.75. The number of halogens is 1. The van der Waals surface area contributed by atoms with Gasteiger partial charge in [0, 0.05) is 33.2 Å². The standard InChI is InChI=1S/C19H24ClN3O3/c1-12-5-4-6-15(17(12)20)19(26)22-9-13-7-8-14(10-22)23(18(13)25)11-16(24)21(2)3/h4-6,13-14H,7-11H2,1-3H3/t13-,14+/m1/s1. The Kier molecular flexibility index (Phi) is 5.23. The summed E-state index contributed by atoms with van der Waals surface area (Å²) in [7, 11) is 3.36. The number of amides is 3. The van der Waals surface area contributed by atoms with Gasteiger partial charge in [-0.3, -0.25) is 14.4 Å². The molecule has 6 nitrogen and oxygen atoms in total. The smallest absolute Gasteiger partial charge is 0.255 e. The summed E-state index contributed by atoms with van der Waals surface area (Å²) in [4.78, 5) is 42.8. The summed E-state index contributed by atoms with van der Waals surface area (Å²) in [5, 5.41) is 0.458. The molecule has 7 heteroatoms.